The fraction of sp³-hybridized carbons (Fsp3) is 0.190. The molecule has 4 nitrogen and oxygen atoms in total. The molecule has 0 fully saturated rings. The Hall–Kier alpha value is -3.01. The number of hydrogen-bond donors (Lipinski definition) is 1. The summed E-state index contributed by atoms with van der Waals surface area (Å²) in [5.41, 5.74) is 1.99. The Morgan fingerprint density at radius 2 is 1.68 bits per heavy atom. The summed E-state index contributed by atoms with van der Waals surface area (Å²) in [7, 11) is 3.05. The van der Waals surface area contributed by atoms with Gasteiger partial charge in [-0.2, -0.15) is 0 Å². The molecule has 0 aliphatic heterocycles. The first-order chi connectivity index (χ1) is 12.2. The minimum Gasteiger partial charge on any atom is -0.497 e. The van der Waals surface area contributed by atoms with E-state index in [1.165, 1.54) is 7.11 Å². The molecule has 128 valence electrons. The predicted octanol–water partition coefficient (Wildman–Crippen LogP) is 4.56. The van der Waals surface area contributed by atoms with Crippen molar-refractivity contribution in [2.24, 2.45) is 0 Å². The Morgan fingerprint density at radius 1 is 0.960 bits per heavy atom. The van der Waals surface area contributed by atoms with Gasteiger partial charge in [0.15, 0.2) is 0 Å². The van der Waals surface area contributed by atoms with Gasteiger partial charge in [-0.25, -0.2) is 0 Å². The standard InChI is InChI=1S/C21H21NO3/c1-24-17-12-10-16(11-13-17)22-20(14-21(23)25-2)19-9-5-7-15-6-3-4-8-18(15)19/h3-13,20,22H,14H2,1-2H3/t20-/m0/s1. The molecule has 25 heavy (non-hydrogen) atoms. The van der Waals surface area contributed by atoms with Crippen LogP contribution in [0.2, 0.25) is 0 Å². The average Bonchev–Trinajstić information content (AvgIpc) is 2.67. The lowest BCUT2D eigenvalue weighted by Crippen LogP contribution is -2.16. The fourth-order valence-corrected chi connectivity index (χ4v) is 2.93. The molecule has 0 aliphatic carbocycles. The van der Waals surface area contributed by atoms with Crippen molar-refractivity contribution < 1.29 is 14.3 Å². The van der Waals surface area contributed by atoms with Gasteiger partial charge < -0.3 is 14.8 Å². The fourth-order valence-electron chi connectivity index (χ4n) is 2.93. The highest BCUT2D eigenvalue weighted by atomic mass is 16.5. The smallest absolute Gasteiger partial charge is 0.307 e. The van der Waals surface area contributed by atoms with Gasteiger partial charge >= 0.3 is 5.97 Å². The Labute approximate surface area is 147 Å². The minimum atomic E-state index is -0.251. The topological polar surface area (TPSA) is 47.6 Å². The van der Waals surface area contributed by atoms with Gasteiger partial charge in [0.05, 0.1) is 26.7 Å². The summed E-state index contributed by atoms with van der Waals surface area (Å²) in [5, 5.41) is 5.72. The molecule has 0 saturated carbocycles. The number of benzene rings is 3. The van der Waals surface area contributed by atoms with Crippen LogP contribution in [0.5, 0.6) is 5.75 Å². The molecular weight excluding hydrogens is 314 g/mol. The van der Waals surface area contributed by atoms with E-state index in [-0.39, 0.29) is 18.4 Å². The van der Waals surface area contributed by atoms with Crippen LogP contribution in [0, 0.1) is 0 Å². The van der Waals surface area contributed by atoms with Gasteiger partial charge in [-0.3, -0.25) is 4.79 Å². The van der Waals surface area contributed by atoms with Crippen LogP contribution in [0.1, 0.15) is 18.0 Å². The zero-order chi connectivity index (χ0) is 17.6. The second-order valence-electron chi connectivity index (χ2n) is 5.77. The third-order valence-electron chi connectivity index (χ3n) is 4.23. The predicted molar refractivity (Wildman–Crippen MR) is 99.9 cm³/mol. The Bertz CT molecular complexity index is 853. The maximum Gasteiger partial charge on any atom is 0.307 e. The van der Waals surface area contributed by atoms with Gasteiger partial charge in [0.2, 0.25) is 0 Å². The molecule has 0 spiro atoms. The zero-order valence-electron chi connectivity index (χ0n) is 14.4. The lowest BCUT2D eigenvalue weighted by Gasteiger charge is -2.21. The molecule has 3 aromatic rings. The van der Waals surface area contributed by atoms with Crippen molar-refractivity contribution in [1.29, 1.82) is 0 Å². The third-order valence-corrected chi connectivity index (χ3v) is 4.23. The van der Waals surface area contributed by atoms with E-state index in [1.807, 2.05) is 48.5 Å². The van der Waals surface area contributed by atoms with Crippen LogP contribution in [0.4, 0.5) is 5.69 Å². The van der Waals surface area contributed by atoms with Gasteiger partial charge in [0.25, 0.3) is 0 Å². The number of carbonyl (C=O) groups is 1. The van der Waals surface area contributed by atoms with Crippen molar-refractivity contribution in [2.45, 2.75) is 12.5 Å². The van der Waals surface area contributed by atoms with E-state index in [1.54, 1.807) is 7.11 Å². The normalized spacial score (nSPS) is 11.8. The molecule has 1 N–H and O–H groups in total. The summed E-state index contributed by atoms with van der Waals surface area (Å²) in [6.45, 7) is 0. The maximum atomic E-state index is 11.9. The van der Waals surface area contributed by atoms with Crippen LogP contribution < -0.4 is 10.1 Å². The molecule has 1 atom stereocenters. The van der Waals surface area contributed by atoms with E-state index in [9.17, 15) is 4.79 Å². The van der Waals surface area contributed by atoms with Crippen molar-refractivity contribution in [3.8, 4) is 5.75 Å². The zero-order valence-corrected chi connectivity index (χ0v) is 14.4. The third kappa shape index (κ3) is 3.91. The molecule has 0 bridgehead atoms. The summed E-state index contributed by atoms with van der Waals surface area (Å²) in [6.07, 6.45) is 0.247. The second-order valence-corrected chi connectivity index (χ2v) is 5.77. The first kappa shape index (κ1) is 16.8. The number of rotatable bonds is 6. The Balaban J connectivity index is 1.97. The molecule has 0 unspecified atom stereocenters. The van der Waals surface area contributed by atoms with Gasteiger partial charge in [0.1, 0.15) is 5.75 Å². The van der Waals surface area contributed by atoms with E-state index in [2.05, 4.69) is 23.5 Å². The molecular formula is C21H21NO3. The molecule has 0 aromatic heterocycles. The lowest BCUT2D eigenvalue weighted by molar-refractivity contribution is -0.140. The van der Waals surface area contributed by atoms with Crippen molar-refractivity contribution in [2.75, 3.05) is 19.5 Å². The van der Waals surface area contributed by atoms with E-state index >= 15 is 0 Å². The average molecular weight is 335 g/mol. The summed E-state index contributed by atoms with van der Waals surface area (Å²) in [4.78, 5) is 11.9. The van der Waals surface area contributed by atoms with E-state index < -0.39 is 0 Å². The Morgan fingerprint density at radius 3 is 2.40 bits per heavy atom. The minimum absolute atomic E-state index is 0.188. The first-order valence-electron chi connectivity index (χ1n) is 8.16. The summed E-state index contributed by atoms with van der Waals surface area (Å²) in [6, 6.07) is 21.8. The van der Waals surface area contributed by atoms with Crippen LogP contribution in [-0.4, -0.2) is 20.2 Å². The quantitative estimate of drug-likeness (QED) is 0.671. The van der Waals surface area contributed by atoms with E-state index in [4.69, 9.17) is 9.47 Å². The summed E-state index contributed by atoms with van der Waals surface area (Å²) >= 11 is 0. The molecule has 0 radical (unpaired) electrons. The van der Waals surface area contributed by atoms with Gasteiger partial charge in [-0.1, -0.05) is 42.5 Å². The largest absolute Gasteiger partial charge is 0.497 e. The van der Waals surface area contributed by atoms with Crippen LogP contribution in [0.3, 0.4) is 0 Å². The number of esters is 1. The summed E-state index contributed by atoms with van der Waals surface area (Å²) < 4.78 is 10.1. The SMILES string of the molecule is COC(=O)C[C@H](Nc1ccc(OC)cc1)c1cccc2ccccc12. The molecule has 0 heterocycles. The summed E-state index contributed by atoms with van der Waals surface area (Å²) in [5.74, 6) is 0.541. The van der Waals surface area contributed by atoms with Crippen LogP contribution >= 0.6 is 0 Å². The van der Waals surface area contributed by atoms with Crippen molar-refractivity contribution >= 4 is 22.4 Å². The van der Waals surface area contributed by atoms with Crippen LogP contribution in [-0.2, 0) is 9.53 Å². The molecule has 3 aromatic carbocycles. The first-order valence-corrected chi connectivity index (χ1v) is 8.16. The number of anilines is 1. The van der Waals surface area contributed by atoms with E-state index in [0.29, 0.717) is 0 Å². The number of ether oxygens (including phenoxy) is 2. The highest BCUT2D eigenvalue weighted by molar-refractivity contribution is 5.87. The van der Waals surface area contributed by atoms with Crippen LogP contribution in [0.15, 0.2) is 66.7 Å². The van der Waals surface area contributed by atoms with Gasteiger partial charge in [-0.15, -0.1) is 0 Å². The molecule has 0 aliphatic rings. The van der Waals surface area contributed by atoms with Gasteiger partial charge in [0, 0.05) is 5.69 Å². The van der Waals surface area contributed by atoms with E-state index in [0.717, 1.165) is 27.8 Å². The van der Waals surface area contributed by atoms with Crippen molar-refractivity contribution in [3.05, 3.63) is 72.3 Å². The molecule has 4 heteroatoms. The number of methoxy groups -OCH3 is 2. The highest BCUT2D eigenvalue weighted by Gasteiger charge is 2.18. The molecule has 0 saturated heterocycles. The highest BCUT2D eigenvalue weighted by Crippen LogP contribution is 2.30. The molecule has 0 amide bonds. The lowest BCUT2D eigenvalue weighted by atomic mass is 9.96. The van der Waals surface area contributed by atoms with Crippen LogP contribution in [0.25, 0.3) is 10.8 Å². The number of carbonyl (C=O) groups excluding carboxylic acids is 1. The monoisotopic (exact) mass is 335 g/mol. The number of nitrogens with one attached hydrogen (secondary N) is 1. The Kier molecular flexibility index (Phi) is 5.19. The number of hydrogen-bond acceptors (Lipinski definition) is 4. The molecule has 3 rings (SSSR count). The second kappa shape index (κ2) is 7.71. The van der Waals surface area contributed by atoms with Crippen molar-refractivity contribution in [1.82, 2.24) is 0 Å². The van der Waals surface area contributed by atoms with Gasteiger partial charge in [-0.05, 0) is 40.6 Å². The maximum absolute atomic E-state index is 11.9. The van der Waals surface area contributed by atoms with Crippen molar-refractivity contribution in [3.63, 3.8) is 0 Å². The number of fused-ring (bicyclic) bond motifs is 1.